The van der Waals surface area contributed by atoms with E-state index in [4.69, 9.17) is 9.15 Å². The molecule has 0 radical (unpaired) electrons. The fourth-order valence-corrected chi connectivity index (χ4v) is 3.24. The van der Waals surface area contributed by atoms with Gasteiger partial charge in [-0.1, -0.05) is 30.3 Å². The highest BCUT2D eigenvalue weighted by molar-refractivity contribution is 5.92. The quantitative estimate of drug-likeness (QED) is 0.618. The topological polar surface area (TPSA) is 71.7 Å². The number of para-hydroxylation sites is 1. The number of ether oxygens (including phenoxy) is 1. The number of urea groups is 1. The fourth-order valence-electron chi connectivity index (χ4n) is 3.24. The van der Waals surface area contributed by atoms with Gasteiger partial charge in [0.05, 0.1) is 19.8 Å². The van der Waals surface area contributed by atoms with Gasteiger partial charge in [-0.25, -0.2) is 4.79 Å². The van der Waals surface area contributed by atoms with E-state index in [-0.39, 0.29) is 18.5 Å². The largest absolute Gasteiger partial charge is 0.470 e. The predicted molar refractivity (Wildman–Crippen MR) is 105 cm³/mol. The molecule has 1 saturated heterocycles. The molecule has 0 aliphatic carbocycles. The Bertz CT molecular complexity index is 1030. The summed E-state index contributed by atoms with van der Waals surface area (Å²) in [4.78, 5) is 16.5. The van der Waals surface area contributed by atoms with E-state index < -0.39 is 12.1 Å². The maximum Gasteiger partial charge on any atom is 0.470 e. The second-order valence-corrected chi connectivity index (χ2v) is 6.91. The molecule has 1 aromatic heterocycles. The van der Waals surface area contributed by atoms with E-state index >= 15 is 0 Å². The molecular formula is C21H19F3N4O3. The van der Waals surface area contributed by atoms with Crippen molar-refractivity contribution >= 4 is 11.7 Å². The lowest BCUT2D eigenvalue weighted by molar-refractivity contribution is -0.156. The Morgan fingerprint density at radius 1 is 1.03 bits per heavy atom. The van der Waals surface area contributed by atoms with E-state index in [2.05, 4.69) is 10.2 Å². The van der Waals surface area contributed by atoms with Gasteiger partial charge >= 0.3 is 18.1 Å². The van der Waals surface area contributed by atoms with Gasteiger partial charge in [0, 0.05) is 24.3 Å². The molecule has 3 aromatic rings. The van der Waals surface area contributed by atoms with Crippen LogP contribution in [-0.2, 0) is 17.5 Å². The second-order valence-electron chi connectivity index (χ2n) is 6.91. The number of carbonyl (C=O) groups excluding carboxylic acids is 1. The molecule has 7 nitrogen and oxygen atoms in total. The van der Waals surface area contributed by atoms with Crippen LogP contribution in [0.1, 0.15) is 11.5 Å². The van der Waals surface area contributed by atoms with Crippen molar-refractivity contribution in [2.24, 2.45) is 0 Å². The summed E-state index contributed by atoms with van der Waals surface area (Å²) in [6.07, 6.45) is -4.71. The number of amides is 2. The van der Waals surface area contributed by atoms with Crippen molar-refractivity contribution in [3.63, 3.8) is 0 Å². The number of nitrogens with zero attached hydrogens (tertiary/aromatic N) is 4. The highest BCUT2D eigenvalue weighted by atomic mass is 19.4. The van der Waals surface area contributed by atoms with Gasteiger partial charge in [-0.05, 0) is 29.8 Å². The van der Waals surface area contributed by atoms with Crippen molar-refractivity contribution in [1.82, 2.24) is 15.1 Å². The van der Waals surface area contributed by atoms with Gasteiger partial charge in [0.2, 0.25) is 5.89 Å². The van der Waals surface area contributed by atoms with Gasteiger partial charge in [-0.3, -0.25) is 4.90 Å². The van der Waals surface area contributed by atoms with Crippen LogP contribution in [0.5, 0.6) is 0 Å². The number of hydrogen-bond donors (Lipinski definition) is 0. The van der Waals surface area contributed by atoms with Crippen LogP contribution in [0.2, 0.25) is 0 Å². The molecule has 162 valence electrons. The molecule has 2 aromatic carbocycles. The van der Waals surface area contributed by atoms with Crippen LogP contribution < -0.4 is 4.90 Å². The lowest BCUT2D eigenvalue weighted by Crippen LogP contribution is -2.48. The Balaban J connectivity index is 1.60. The van der Waals surface area contributed by atoms with Gasteiger partial charge < -0.3 is 14.1 Å². The van der Waals surface area contributed by atoms with Crippen LogP contribution in [0.4, 0.5) is 23.7 Å². The summed E-state index contributed by atoms with van der Waals surface area (Å²) in [5, 5.41) is 6.57. The average Bonchev–Trinajstić information content (AvgIpc) is 3.30. The van der Waals surface area contributed by atoms with Crippen LogP contribution in [0.25, 0.3) is 11.5 Å². The van der Waals surface area contributed by atoms with Crippen LogP contribution in [0, 0.1) is 0 Å². The third-order valence-electron chi connectivity index (χ3n) is 4.76. The third kappa shape index (κ3) is 4.85. The monoisotopic (exact) mass is 432 g/mol. The standard InChI is InChI=1S/C21H19F3N4O3/c22-21(23,24)19-26-25-18(31-19)16-6-4-5-15(13-16)14-28(17-7-2-1-3-8-17)20(29)27-9-11-30-12-10-27/h1-8,13H,9-12,14H2. The average molecular weight is 432 g/mol. The van der Waals surface area contributed by atoms with E-state index in [1.54, 1.807) is 34.1 Å². The first-order chi connectivity index (χ1) is 14.9. The Morgan fingerprint density at radius 2 is 1.77 bits per heavy atom. The van der Waals surface area contributed by atoms with Gasteiger partial charge in [0.25, 0.3) is 0 Å². The normalized spacial score (nSPS) is 14.5. The van der Waals surface area contributed by atoms with Crippen molar-refractivity contribution in [3.05, 3.63) is 66.1 Å². The molecule has 0 atom stereocenters. The number of morpholine rings is 1. The molecule has 31 heavy (non-hydrogen) atoms. The van der Waals surface area contributed by atoms with Crippen LogP contribution >= 0.6 is 0 Å². The maximum absolute atomic E-state index is 13.2. The number of halogens is 3. The summed E-state index contributed by atoms with van der Waals surface area (Å²) < 4.78 is 48.4. The number of carbonyl (C=O) groups is 1. The molecule has 4 rings (SSSR count). The lowest BCUT2D eigenvalue weighted by Gasteiger charge is -2.33. The van der Waals surface area contributed by atoms with Gasteiger partial charge in [-0.15, -0.1) is 10.2 Å². The molecule has 1 aliphatic heterocycles. The number of alkyl halides is 3. The molecule has 0 spiro atoms. The molecule has 1 fully saturated rings. The Morgan fingerprint density at radius 3 is 2.45 bits per heavy atom. The number of anilines is 1. The molecular weight excluding hydrogens is 413 g/mol. The third-order valence-corrected chi connectivity index (χ3v) is 4.76. The van der Waals surface area contributed by atoms with E-state index in [0.717, 1.165) is 0 Å². The molecule has 2 heterocycles. The van der Waals surface area contributed by atoms with Crippen molar-refractivity contribution < 1.29 is 27.1 Å². The number of rotatable bonds is 4. The first kappa shape index (κ1) is 20.9. The Hall–Kier alpha value is -3.40. The predicted octanol–water partition coefficient (Wildman–Crippen LogP) is 4.21. The van der Waals surface area contributed by atoms with Crippen molar-refractivity contribution in [1.29, 1.82) is 0 Å². The summed E-state index contributed by atoms with van der Waals surface area (Å²) in [7, 11) is 0. The smallest absolute Gasteiger partial charge is 0.413 e. The number of hydrogen-bond acceptors (Lipinski definition) is 5. The molecule has 1 aliphatic rings. The second kappa shape index (κ2) is 8.76. The summed E-state index contributed by atoms with van der Waals surface area (Å²) >= 11 is 0. The summed E-state index contributed by atoms with van der Waals surface area (Å²) in [6.45, 7) is 2.15. The molecule has 0 bridgehead atoms. The van der Waals surface area contributed by atoms with Gasteiger partial charge in [0.15, 0.2) is 0 Å². The number of benzene rings is 2. The molecule has 0 N–H and O–H groups in total. The van der Waals surface area contributed by atoms with E-state index in [9.17, 15) is 18.0 Å². The minimum absolute atomic E-state index is 0.169. The zero-order valence-corrected chi connectivity index (χ0v) is 16.4. The highest BCUT2D eigenvalue weighted by Gasteiger charge is 2.38. The molecule has 10 heteroatoms. The summed E-state index contributed by atoms with van der Waals surface area (Å²) in [5.41, 5.74) is 1.75. The SMILES string of the molecule is O=C(N1CCOCC1)N(Cc1cccc(-c2nnc(C(F)(F)F)o2)c1)c1ccccc1. The molecule has 2 amide bonds. The van der Waals surface area contributed by atoms with E-state index in [1.807, 2.05) is 30.3 Å². The fraction of sp³-hybridized carbons (Fsp3) is 0.286. The van der Waals surface area contributed by atoms with Gasteiger partial charge in [0.1, 0.15) is 0 Å². The minimum Gasteiger partial charge on any atom is -0.413 e. The molecule has 0 unspecified atom stereocenters. The summed E-state index contributed by atoms with van der Waals surface area (Å²) in [6, 6.07) is 15.7. The summed E-state index contributed by atoms with van der Waals surface area (Å²) in [5.74, 6) is -1.64. The Labute approximate surface area is 176 Å². The highest BCUT2D eigenvalue weighted by Crippen LogP contribution is 2.30. The van der Waals surface area contributed by atoms with E-state index in [1.165, 1.54) is 0 Å². The zero-order chi connectivity index (χ0) is 21.8. The first-order valence-electron chi connectivity index (χ1n) is 9.61. The van der Waals surface area contributed by atoms with Crippen LogP contribution in [0.3, 0.4) is 0 Å². The van der Waals surface area contributed by atoms with Crippen molar-refractivity contribution in [3.8, 4) is 11.5 Å². The van der Waals surface area contributed by atoms with Crippen LogP contribution in [-0.4, -0.2) is 47.4 Å². The van der Waals surface area contributed by atoms with E-state index in [0.29, 0.717) is 43.1 Å². The first-order valence-corrected chi connectivity index (χ1v) is 9.61. The minimum atomic E-state index is -4.71. The van der Waals surface area contributed by atoms with Crippen LogP contribution in [0.15, 0.2) is 59.0 Å². The van der Waals surface area contributed by atoms with Crippen molar-refractivity contribution in [2.45, 2.75) is 12.7 Å². The Kier molecular flexibility index (Phi) is 5.90. The number of aromatic nitrogens is 2. The maximum atomic E-state index is 13.2. The molecule has 0 saturated carbocycles. The zero-order valence-electron chi connectivity index (χ0n) is 16.4. The van der Waals surface area contributed by atoms with Gasteiger partial charge in [-0.2, -0.15) is 13.2 Å². The lowest BCUT2D eigenvalue weighted by atomic mass is 10.1. The van der Waals surface area contributed by atoms with Crippen molar-refractivity contribution in [2.75, 3.05) is 31.2 Å².